The minimum absolute atomic E-state index is 0.00462. The lowest BCUT2D eigenvalue weighted by molar-refractivity contribution is -0.116. The molecular weight excluding hydrogens is 300 g/mol. The van der Waals surface area contributed by atoms with Crippen molar-refractivity contribution < 1.29 is 9.90 Å². The number of allylic oxidation sites excluding steroid dienone is 1. The maximum atomic E-state index is 11.7. The number of aliphatic hydroxyl groups excluding tert-OH is 1. The molecule has 0 fully saturated rings. The summed E-state index contributed by atoms with van der Waals surface area (Å²) in [5.41, 5.74) is 0. The van der Waals surface area contributed by atoms with Crippen molar-refractivity contribution in [1.29, 1.82) is 0 Å². The average Bonchev–Trinajstić information content (AvgIpc) is 2.57. The van der Waals surface area contributed by atoms with Crippen LogP contribution in [0.25, 0.3) is 0 Å². The predicted molar refractivity (Wildman–Crippen MR) is 103 cm³/mol. The van der Waals surface area contributed by atoms with Gasteiger partial charge in [-0.25, -0.2) is 0 Å². The van der Waals surface area contributed by atoms with Gasteiger partial charge in [0.1, 0.15) is 0 Å². The molecule has 0 aliphatic rings. The number of amides is 1. The van der Waals surface area contributed by atoms with Crippen molar-refractivity contribution in [3.8, 4) is 0 Å². The van der Waals surface area contributed by atoms with E-state index < -0.39 is 0 Å². The van der Waals surface area contributed by atoms with E-state index in [0.717, 1.165) is 25.9 Å². The topological polar surface area (TPSA) is 52.6 Å². The molecule has 0 aromatic rings. The van der Waals surface area contributed by atoms with Crippen LogP contribution in [0.5, 0.6) is 0 Å². The Hall–Kier alpha value is -0.870. The van der Waals surface area contributed by atoms with Gasteiger partial charge < -0.3 is 10.4 Å². The molecule has 24 heavy (non-hydrogen) atoms. The maximum Gasteiger partial charge on any atom is 0.243 e. The third-order valence-corrected chi connectivity index (χ3v) is 4.21. The van der Waals surface area contributed by atoms with E-state index in [0.29, 0.717) is 13.1 Å². The number of rotatable bonds is 17. The van der Waals surface area contributed by atoms with E-state index in [1.807, 2.05) is 6.08 Å². The molecule has 0 radical (unpaired) electrons. The van der Waals surface area contributed by atoms with Crippen LogP contribution in [0, 0.1) is 0 Å². The average molecular weight is 341 g/mol. The molecule has 2 N–H and O–H groups in total. The van der Waals surface area contributed by atoms with E-state index in [1.54, 1.807) is 6.08 Å². The van der Waals surface area contributed by atoms with Gasteiger partial charge in [-0.15, -0.1) is 0 Å². The molecule has 0 aromatic heterocycles. The Morgan fingerprint density at radius 3 is 2.29 bits per heavy atom. The van der Waals surface area contributed by atoms with Gasteiger partial charge in [0, 0.05) is 19.6 Å². The van der Waals surface area contributed by atoms with Gasteiger partial charge in [-0.3, -0.25) is 9.69 Å². The van der Waals surface area contributed by atoms with Gasteiger partial charge in [0.05, 0.1) is 6.61 Å². The first-order valence-electron chi connectivity index (χ1n) is 10.0. The van der Waals surface area contributed by atoms with Crippen LogP contribution in [0.3, 0.4) is 0 Å². The monoisotopic (exact) mass is 340 g/mol. The number of aliphatic hydroxyl groups is 1. The summed E-state index contributed by atoms with van der Waals surface area (Å²) in [5.74, 6) is -0.00462. The summed E-state index contributed by atoms with van der Waals surface area (Å²) < 4.78 is 0. The van der Waals surface area contributed by atoms with E-state index in [-0.39, 0.29) is 12.5 Å². The van der Waals surface area contributed by atoms with Crippen LogP contribution in [0.15, 0.2) is 12.2 Å². The summed E-state index contributed by atoms with van der Waals surface area (Å²) in [7, 11) is 0. The summed E-state index contributed by atoms with van der Waals surface area (Å²) in [5, 5.41) is 12.1. The molecular formula is C20H40N2O2. The number of unbranched alkanes of at least 4 members (excludes halogenated alkanes) is 8. The second kappa shape index (κ2) is 18.5. The molecule has 0 bridgehead atoms. The Bertz CT molecular complexity index is 306. The quantitative estimate of drug-likeness (QED) is 0.312. The fraction of sp³-hybridized carbons (Fsp3) is 0.850. The van der Waals surface area contributed by atoms with Crippen LogP contribution in [-0.2, 0) is 4.79 Å². The highest BCUT2D eigenvalue weighted by atomic mass is 16.3. The highest BCUT2D eigenvalue weighted by molar-refractivity contribution is 5.87. The Balaban J connectivity index is 3.73. The molecule has 0 atom stereocenters. The number of nitrogens with zero attached hydrogens (tertiary/aromatic N) is 1. The maximum absolute atomic E-state index is 11.7. The second-order valence-corrected chi connectivity index (χ2v) is 6.52. The van der Waals surface area contributed by atoms with Gasteiger partial charge >= 0.3 is 0 Å². The first-order valence-corrected chi connectivity index (χ1v) is 10.0. The van der Waals surface area contributed by atoms with Crippen molar-refractivity contribution in [1.82, 2.24) is 10.2 Å². The van der Waals surface area contributed by atoms with Crippen molar-refractivity contribution in [3.63, 3.8) is 0 Å². The van der Waals surface area contributed by atoms with Crippen LogP contribution in [0.2, 0.25) is 0 Å². The van der Waals surface area contributed by atoms with Crippen molar-refractivity contribution >= 4 is 5.91 Å². The largest absolute Gasteiger partial charge is 0.395 e. The summed E-state index contributed by atoms with van der Waals surface area (Å²) in [6, 6.07) is 0. The Morgan fingerprint density at radius 2 is 1.58 bits per heavy atom. The van der Waals surface area contributed by atoms with Crippen LogP contribution >= 0.6 is 0 Å². The molecule has 142 valence electrons. The molecule has 0 aromatic carbocycles. The molecule has 0 rings (SSSR count). The zero-order valence-corrected chi connectivity index (χ0v) is 16.1. The SMILES string of the molecule is CCCCC/C=C/C(=O)NCCN(CCO)CCCCCCCC. The van der Waals surface area contributed by atoms with E-state index in [4.69, 9.17) is 5.11 Å². The summed E-state index contributed by atoms with van der Waals surface area (Å²) in [6.07, 6.45) is 15.9. The summed E-state index contributed by atoms with van der Waals surface area (Å²) >= 11 is 0. The molecule has 1 amide bonds. The molecule has 4 heteroatoms. The normalized spacial score (nSPS) is 11.5. The lowest BCUT2D eigenvalue weighted by atomic mass is 10.1. The van der Waals surface area contributed by atoms with E-state index in [9.17, 15) is 4.79 Å². The highest BCUT2D eigenvalue weighted by Crippen LogP contribution is 2.05. The molecule has 0 aliphatic carbocycles. The standard InChI is InChI=1S/C20H40N2O2/c1-3-5-7-9-11-13-16-22(18-19-23)17-15-21-20(24)14-12-10-8-6-4-2/h12,14,23H,3-11,13,15-19H2,1-2H3,(H,21,24)/b14-12+. The number of hydrogen-bond acceptors (Lipinski definition) is 3. The first-order chi connectivity index (χ1) is 11.7. The molecule has 0 saturated heterocycles. The number of nitrogens with one attached hydrogen (secondary N) is 1. The van der Waals surface area contributed by atoms with Crippen molar-refractivity contribution in [2.24, 2.45) is 0 Å². The van der Waals surface area contributed by atoms with Crippen LogP contribution in [0.1, 0.15) is 78.1 Å². The third-order valence-electron chi connectivity index (χ3n) is 4.21. The molecule has 0 unspecified atom stereocenters. The van der Waals surface area contributed by atoms with Crippen LogP contribution < -0.4 is 5.32 Å². The van der Waals surface area contributed by atoms with E-state index >= 15 is 0 Å². The van der Waals surface area contributed by atoms with Crippen molar-refractivity contribution in [2.75, 3.05) is 32.8 Å². The summed E-state index contributed by atoms with van der Waals surface area (Å²) in [4.78, 5) is 14.0. The molecule has 0 spiro atoms. The molecule has 0 saturated carbocycles. The van der Waals surface area contributed by atoms with E-state index in [2.05, 4.69) is 24.1 Å². The Kier molecular flexibility index (Phi) is 17.8. The number of hydrogen-bond donors (Lipinski definition) is 2. The number of carbonyl (C=O) groups excluding carboxylic acids is 1. The van der Waals surface area contributed by atoms with Gasteiger partial charge in [-0.2, -0.15) is 0 Å². The lowest BCUT2D eigenvalue weighted by Crippen LogP contribution is -2.36. The van der Waals surface area contributed by atoms with Gasteiger partial charge in [0.2, 0.25) is 5.91 Å². The minimum Gasteiger partial charge on any atom is -0.395 e. The molecule has 0 aliphatic heterocycles. The van der Waals surface area contributed by atoms with Gasteiger partial charge in [0.25, 0.3) is 0 Å². The van der Waals surface area contributed by atoms with Crippen LogP contribution in [0.4, 0.5) is 0 Å². The van der Waals surface area contributed by atoms with Gasteiger partial charge in [0.15, 0.2) is 0 Å². The van der Waals surface area contributed by atoms with Crippen molar-refractivity contribution in [3.05, 3.63) is 12.2 Å². The smallest absolute Gasteiger partial charge is 0.243 e. The third kappa shape index (κ3) is 16.0. The lowest BCUT2D eigenvalue weighted by Gasteiger charge is -2.21. The van der Waals surface area contributed by atoms with Gasteiger partial charge in [-0.05, 0) is 31.9 Å². The molecule has 4 nitrogen and oxygen atoms in total. The minimum atomic E-state index is -0.00462. The Morgan fingerprint density at radius 1 is 0.917 bits per heavy atom. The van der Waals surface area contributed by atoms with Gasteiger partial charge in [-0.1, -0.05) is 64.9 Å². The van der Waals surface area contributed by atoms with Crippen molar-refractivity contribution in [2.45, 2.75) is 78.1 Å². The summed E-state index contributed by atoms with van der Waals surface area (Å²) in [6.45, 7) is 7.75. The fourth-order valence-electron chi connectivity index (χ4n) is 2.69. The van der Waals surface area contributed by atoms with Crippen LogP contribution in [-0.4, -0.2) is 48.7 Å². The number of carbonyl (C=O) groups is 1. The first kappa shape index (κ1) is 23.1. The fourth-order valence-corrected chi connectivity index (χ4v) is 2.69. The zero-order valence-electron chi connectivity index (χ0n) is 16.1. The predicted octanol–water partition coefficient (Wildman–Crippen LogP) is 3.89. The highest BCUT2D eigenvalue weighted by Gasteiger charge is 2.04. The molecule has 0 heterocycles. The second-order valence-electron chi connectivity index (χ2n) is 6.52. The van der Waals surface area contributed by atoms with E-state index in [1.165, 1.54) is 51.4 Å². The Labute approximate surface area is 149 Å². The zero-order chi connectivity index (χ0) is 17.9.